The Labute approximate surface area is 182 Å². The summed E-state index contributed by atoms with van der Waals surface area (Å²) in [4.78, 5) is 22.7. The summed E-state index contributed by atoms with van der Waals surface area (Å²) in [6.45, 7) is 0. The van der Waals surface area contributed by atoms with Crippen LogP contribution in [0.3, 0.4) is 0 Å². The van der Waals surface area contributed by atoms with Crippen LogP contribution < -0.4 is 9.47 Å². The molecule has 0 fully saturated rings. The van der Waals surface area contributed by atoms with Crippen molar-refractivity contribution in [1.29, 1.82) is 0 Å². The van der Waals surface area contributed by atoms with Crippen molar-refractivity contribution in [2.75, 3.05) is 0 Å². The van der Waals surface area contributed by atoms with Crippen molar-refractivity contribution in [3.8, 4) is 11.5 Å². The second kappa shape index (κ2) is 8.88. The van der Waals surface area contributed by atoms with Gasteiger partial charge in [0, 0.05) is 6.07 Å². The van der Waals surface area contributed by atoms with Crippen LogP contribution in [0.25, 0.3) is 0 Å². The molecule has 3 rings (SSSR count). The average molecular weight is 478 g/mol. The number of ether oxygens (including phenoxy) is 2. The van der Waals surface area contributed by atoms with Gasteiger partial charge in [0.15, 0.2) is 11.5 Å². The van der Waals surface area contributed by atoms with Gasteiger partial charge >= 0.3 is 11.9 Å². The lowest BCUT2D eigenvalue weighted by atomic mass is 10.2. The van der Waals surface area contributed by atoms with E-state index in [-0.39, 0.29) is 11.1 Å². The molecule has 0 spiro atoms. The smallest absolute Gasteiger partial charge is 0.343 e. The topological polar surface area (TPSA) is 161 Å². The summed E-state index contributed by atoms with van der Waals surface area (Å²) in [5.74, 6) is -3.94. The molecule has 0 aliphatic carbocycles. The number of rotatable bonds is 6. The molecule has 166 valence electrons. The maximum atomic E-state index is 12.5. The van der Waals surface area contributed by atoms with Crippen LogP contribution in [-0.2, 0) is 20.2 Å². The van der Waals surface area contributed by atoms with Gasteiger partial charge < -0.3 is 9.47 Å². The monoisotopic (exact) mass is 478 g/mol. The summed E-state index contributed by atoms with van der Waals surface area (Å²) < 4.78 is 76.1. The molecular formula is C20H14O10S2. The summed E-state index contributed by atoms with van der Waals surface area (Å²) >= 11 is 0. The first-order valence-corrected chi connectivity index (χ1v) is 11.5. The molecule has 0 unspecified atom stereocenters. The van der Waals surface area contributed by atoms with Gasteiger partial charge in [-0.25, -0.2) is 9.59 Å². The van der Waals surface area contributed by atoms with Crippen molar-refractivity contribution >= 4 is 32.2 Å². The Bertz CT molecular complexity index is 1380. The Hall–Kier alpha value is -3.58. The summed E-state index contributed by atoms with van der Waals surface area (Å²) in [5.41, 5.74) is -0.0218. The predicted octanol–water partition coefficient (Wildman–Crippen LogP) is 2.62. The molecule has 0 bridgehead atoms. The van der Waals surface area contributed by atoms with Crippen LogP contribution in [0.1, 0.15) is 20.7 Å². The van der Waals surface area contributed by atoms with Crippen LogP contribution in [0.15, 0.2) is 82.6 Å². The number of hydrogen-bond donors (Lipinski definition) is 2. The van der Waals surface area contributed by atoms with E-state index in [0.29, 0.717) is 12.1 Å². The van der Waals surface area contributed by atoms with E-state index < -0.39 is 53.5 Å². The second-order valence-corrected chi connectivity index (χ2v) is 9.02. The molecule has 3 aromatic carbocycles. The van der Waals surface area contributed by atoms with Crippen molar-refractivity contribution in [2.45, 2.75) is 9.79 Å². The van der Waals surface area contributed by atoms with E-state index in [9.17, 15) is 35.5 Å². The largest absolute Gasteiger partial charge is 0.419 e. The molecule has 0 atom stereocenters. The van der Waals surface area contributed by atoms with Crippen LogP contribution in [0.5, 0.6) is 11.5 Å². The molecule has 32 heavy (non-hydrogen) atoms. The van der Waals surface area contributed by atoms with Gasteiger partial charge in [0.2, 0.25) is 0 Å². The fourth-order valence-electron chi connectivity index (χ4n) is 2.53. The van der Waals surface area contributed by atoms with E-state index in [2.05, 4.69) is 0 Å². The van der Waals surface area contributed by atoms with Crippen LogP contribution in [0.2, 0.25) is 0 Å². The van der Waals surface area contributed by atoms with Crippen LogP contribution in [-0.4, -0.2) is 37.9 Å². The Kier molecular flexibility index (Phi) is 6.41. The van der Waals surface area contributed by atoms with E-state index in [1.165, 1.54) is 48.5 Å². The first-order chi connectivity index (χ1) is 15.0. The summed E-state index contributed by atoms with van der Waals surface area (Å²) in [6, 6.07) is 15.6. The number of hydrogen-bond acceptors (Lipinski definition) is 8. The lowest BCUT2D eigenvalue weighted by Gasteiger charge is -2.15. The zero-order chi connectivity index (χ0) is 23.5. The Morgan fingerprint density at radius 1 is 0.656 bits per heavy atom. The number of esters is 2. The molecule has 0 heterocycles. The Morgan fingerprint density at radius 2 is 1.12 bits per heavy atom. The van der Waals surface area contributed by atoms with Gasteiger partial charge in [-0.3, -0.25) is 9.11 Å². The zero-order valence-corrected chi connectivity index (χ0v) is 17.5. The highest BCUT2D eigenvalue weighted by molar-refractivity contribution is 7.86. The highest BCUT2D eigenvalue weighted by Gasteiger charge is 2.29. The molecule has 10 nitrogen and oxygen atoms in total. The summed E-state index contributed by atoms with van der Waals surface area (Å²) in [6.07, 6.45) is 0. The maximum Gasteiger partial charge on any atom is 0.343 e. The number of carbonyl (C=O) groups excluding carboxylic acids is 2. The minimum absolute atomic E-state index is 0.00139. The molecule has 0 saturated carbocycles. The Morgan fingerprint density at radius 3 is 1.56 bits per heavy atom. The van der Waals surface area contributed by atoms with Gasteiger partial charge in [-0.15, -0.1) is 0 Å². The van der Waals surface area contributed by atoms with Gasteiger partial charge in [0.25, 0.3) is 20.2 Å². The van der Waals surface area contributed by atoms with E-state index >= 15 is 0 Å². The van der Waals surface area contributed by atoms with Gasteiger partial charge in [0.05, 0.1) is 16.0 Å². The van der Waals surface area contributed by atoms with E-state index in [4.69, 9.17) is 9.47 Å². The quantitative estimate of drug-likeness (QED) is 0.306. The molecule has 0 aromatic heterocycles. The molecule has 0 amide bonds. The van der Waals surface area contributed by atoms with Crippen molar-refractivity contribution < 1.29 is 45.0 Å². The first-order valence-electron chi connectivity index (χ1n) is 8.64. The molecular weight excluding hydrogens is 464 g/mol. The van der Waals surface area contributed by atoms with E-state index in [1.54, 1.807) is 12.1 Å². The fourth-order valence-corrected chi connectivity index (χ4v) is 3.78. The van der Waals surface area contributed by atoms with Crippen molar-refractivity contribution in [1.82, 2.24) is 0 Å². The fraction of sp³-hybridized carbons (Fsp3) is 0. The minimum atomic E-state index is -5.21. The van der Waals surface area contributed by atoms with Gasteiger partial charge in [0.1, 0.15) is 4.90 Å². The predicted molar refractivity (Wildman–Crippen MR) is 109 cm³/mol. The molecule has 0 aliphatic rings. The SMILES string of the molecule is O=C(Oc1cc(S(=O)(=O)O)cc(S(=O)(=O)O)c1OC(=O)c1ccccc1)c1ccccc1. The lowest BCUT2D eigenvalue weighted by molar-refractivity contribution is 0.0677. The van der Waals surface area contributed by atoms with E-state index in [0.717, 1.165) is 0 Å². The van der Waals surface area contributed by atoms with Crippen LogP contribution >= 0.6 is 0 Å². The van der Waals surface area contributed by atoms with Crippen molar-refractivity contribution in [2.24, 2.45) is 0 Å². The first kappa shape index (κ1) is 23.1. The van der Waals surface area contributed by atoms with Gasteiger partial charge in [-0.2, -0.15) is 16.8 Å². The normalized spacial score (nSPS) is 11.6. The summed E-state index contributed by atoms with van der Waals surface area (Å²) in [5, 5.41) is 0. The third-order valence-electron chi connectivity index (χ3n) is 3.99. The average Bonchev–Trinajstić information content (AvgIpc) is 2.74. The molecule has 12 heteroatoms. The highest BCUT2D eigenvalue weighted by Crippen LogP contribution is 2.38. The minimum Gasteiger partial charge on any atom is -0.419 e. The molecule has 2 N–H and O–H groups in total. The standard InChI is InChI=1S/C20H14O10S2/c21-19(13-7-3-1-4-8-13)29-16-11-15(31(23,24)25)12-17(32(26,27)28)18(16)30-20(22)14-9-5-2-6-10-14/h1-12H,(H,23,24,25)(H,26,27,28). The maximum absolute atomic E-state index is 12.5. The van der Waals surface area contributed by atoms with Crippen molar-refractivity contribution in [3.63, 3.8) is 0 Å². The third kappa shape index (κ3) is 5.36. The molecule has 3 aromatic rings. The van der Waals surface area contributed by atoms with Crippen LogP contribution in [0, 0.1) is 0 Å². The summed E-state index contributed by atoms with van der Waals surface area (Å²) in [7, 11) is -10.2. The third-order valence-corrected chi connectivity index (χ3v) is 5.68. The van der Waals surface area contributed by atoms with Gasteiger partial charge in [-0.1, -0.05) is 36.4 Å². The van der Waals surface area contributed by atoms with Crippen molar-refractivity contribution in [3.05, 3.63) is 83.9 Å². The lowest BCUT2D eigenvalue weighted by Crippen LogP contribution is -2.16. The number of carbonyl (C=O) groups is 2. The highest BCUT2D eigenvalue weighted by atomic mass is 32.2. The van der Waals surface area contributed by atoms with E-state index in [1.807, 2.05) is 0 Å². The van der Waals surface area contributed by atoms with Gasteiger partial charge in [-0.05, 0) is 30.3 Å². The molecule has 0 saturated heterocycles. The Balaban J connectivity index is 2.19. The zero-order valence-electron chi connectivity index (χ0n) is 15.9. The molecule has 0 radical (unpaired) electrons. The van der Waals surface area contributed by atoms with Crippen LogP contribution in [0.4, 0.5) is 0 Å². The molecule has 0 aliphatic heterocycles. The second-order valence-electron chi connectivity index (χ2n) is 6.21. The number of benzene rings is 3.